The lowest BCUT2D eigenvalue weighted by molar-refractivity contribution is -0.384. The molecule has 40 heavy (non-hydrogen) atoms. The predicted octanol–water partition coefficient (Wildman–Crippen LogP) is 7.46. The molecule has 0 atom stereocenters. The number of halogens is 2. The SMILES string of the molecule is N#Cc1cc(Cl)c(-c2ccc(OC(=O)Oc3ccc(-c4c(Cl)cc(C#N)cc4[N+](=O)[O-])cc3)cc2)c([N+](=O)[O-])c1. The Bertz CT molecular complexity index is 1630. The first kappa shape index (κ1) is 27.5. The highest BCUT2D eigenvalue weighted by atomic mass is 35.5. The lowest BCUT2D eigenvalue weighted by Gasteiger charge is -2.10. The molecule has 0 saturated heterocycles. The first-order valence-corrected chi connectivity index (χ1v) is 11.7. The topological polar surface area (TPSA) is 169 Å². The molecule has 0 amide bonds. The Hall–Kier alpha value is -5.49. The third kappa shape index (κ3) is 5.81. The van der Waals surface area contributed by atoms with Crippen LogP contribution >= 0.6 is 23.2 Å². The molecule has 4 rings (SSSR count). The monoisotopic (exact) mass is 574 g/mol. The zero-order valence-electron chi connectivity index (χ0n) is 19.8. The van der Waals surface area contributed by atoms with Crippen molar-refractivity contribution in [3.63, 3.8) is 0 Å². The Balaban J connectivity index is 1.49. The van der Waals surface area contributed by atoms with Gasteiger partial charge in [-0.3, -0.25) is 20.2 Å². The molecule has 0 aliphatic rings. The third-order valence-corrected chi connectivity index (χ3v) is 6.07. The van der Waals surface area contributed by atoms with Crippen LogP contribution in [-0.4, -0.2) is 16.0 Å². The number of hydrogen-bond acceptors (Lipinski definition) is 9. The maximum absolute atomic E-state index is 12.3. The van der Waals surface area contributed by atoms with Crippen LogP contribution < -0.4 is 9.47 Å². The lowest BCUT2D eigenvalue weighted by atomic mass is 10.0. The van der Waals surface area contributed by atoms with E-state index in [0.717, 1.165) is 12.1 Å². The van der Waals surface area contributed by atoms with E-state index in [1.165, 1.54) is 60.7 Å². The molecule has 0 aliphatic carbocycles. The molecule has 13 heteroatoms. The van der Waals surface area contributed by atoms with Gasteiger partial charge in [-0.25, -0.2) is 4.79 Å². The number of ether oxygens (including phenoxy) is 2. The quantitative estimate of drug-likeness (QED) is 0.0979. The number of benzene rings is 4. The van der Waals surface area contributed by atoms with Gasteiger partial charge in [0.25, 0.3) is 11.4 Å². The smallest absolute Gasteiger partial charge is 0.395 e. The Labute approximate surface area is 235 Å². The first-order valence-electron chi connectivity index (χ1n) is 11.0. The molecule has 4 aromatic rings. The van der Waals surface area contributed by atoms with Crippen molar-refractivity contribution in [3.8, 4) is 45.9 Å². The number of nitro benzene ring substituents is 2. The molecule has 0 spiro atoms. The summed E-state index contributed by atoms with van der Waals surface area (Å²) in [6.45, 7) is 0. The van der Waals surface area contributed by atoms with Crippen molar-refractivity contribution in [1.82, 2.24) is 0 Å². The van der Waals surface area contributed by atoms with E-state index >= 15 is 0 Å². The third-order valence-electron chi connectivity index (χ3n) is 5.48. The second kappa shape index (κ2) is 11.5. The van der Waals surface area contributed by atoms with Gasteiger partial charge in [0.15, 0.2) is 0 Å². The predicted molar refractivity (Wildman–Crippen MR) is 143 cm³/mol. The second-order valence-electron chi connectivity index (χ2n) is 7.95. The second-order valence-corrected chi connectivity index (χ2v) is 8.76. The van der Waals surface area contributed by atoms with Gasteiger partial charge in [-0.15, -0.1) is 0 Å². The van der Waals surface area contributed by atoms with E-state index in [1.807, 2.05) is 12.1 Å². The summed E-state index contributed by atoms with van der Waals surface area (Å²) < 4.78 is 10.3. The molecule has 0 heterocycles. The minimum absolute atomic E-state index is 0.00917. The summed E-state index contributed by atoms with van der Waals surface area (Å²) in [6.07, 6.45) is -1.09. The number of nitrogens with zero attached hydrogens (tertiary/aromatic N) is 4. The van der Waals surface area contributed by atoms with Crippen LogP contribution in [0.15, 0.2) is 72.8 Å². The van der Waals surface area contributed by atoms with Crippen LogP contribution in [0.4, 0.5) is 16.2 Å². The minimum Gasteiger partial charge on any atom is -0.395 e. The van der Waals surface area contributed by atoms with Crippen LogP contribution in [0.25, 0.3) is 22.3 Å². The minimum atomic E-state index is -1.09. The summed E-state index contributed by atoms with van der Waals surface area (Å²) >= 11 is 12.4. The van der Waals surface area contributed by atoms with Gasteiger partial charge in [0.1, 0.15) is 11.5 Å². The number of nitro groups is 2. The van der Waals surface area contributed by atoms with Crippen molar-refractivity contribution < 1.29 is 24.1 Å². The average Bonchev–Trinajstić information content (AvgIpc) is 2.93. The fourth-order valence-corrected chi connectivity index (χ4v) is 4.41. The fourth-order valence-electron chi connectivity index (χ4n) is 3.77. The first-order chi connectivity index (χ1) is 19.1. The highest BCUT2D eigenvalue weighted by Gasteiger charge is 2.22. The molecular weight excluding hydrogens is 563 g/mol. The maximum atomic E-state index is 12.3. The summed E-state index contributed by atoms with van der Waals surface area (Å²) in [5.41, 5.74) is 0.274. The van der Waals surface area contributed by atoms with E-state index < -0.39 is 16.0 Å². The van der Waals surface area contributed by atoms with E-state index in [-0.39, 0.29) is 55.2 Å². The van der Waals surface area contributed by atoms with Gasteiger partial charge in [-0.1, -0.05) is 47.5 Å². The number of hydrogen-bond donors (Lipinski definition) is 0. The van der Waals surface area contributed by atoms with Crippen molar-refractivity contribution in [1.29, 1.82) is 10.5 Å². The highest BCUT2D eigenvalue weighted by Crippen LogP contribution is 2.39. The van der Waals surface area contributed by atoms with Crippen molar-refractivity contribution in [2.24, 2.45) is 0 Å². The summed E-state index contributed by atoms with van der Waals surface area (Å²) in [4.78, 5) is 34.0. The Morgan fingerprint density at radius 3 is 1.32 bits per heavy atom. The summed E-state index contributed by atoms with van der Waals surface area (Å²) in [6, 6.07) is 19.8. The van der Waals surface area contributed by atoms with E-state index in [0.29, 0.717) is 11.1 Å². The molecule has 4 aromatic carbocycles. The van der Waals surface area contributed by atoms with Crippen LogP contribution in [0.2, 0.25) is 10.0 Å². The van der Waals surface area contributed by atoms with Crippen molar-refractivity contribution in [2.45, 2.75) is 0 Å². The molecule has 0 N–H and O–H groups in total. The van der Waals surface area contributed by atoms with Crippen LogP contribution in [0.1, 0.15) is 11.1 Å². The standard InChI is InChI=1S/C27H12Cl2N4O7/c28-21-9-15(13-30)11-23(32(35)36)25(21)17-1-5-19(6-2-17)39-27(34)40-20-7-3-18(4-8-20)26-22(29)10-16(14-31)12-24(26)33(37)38/h1-12H. The normalized spacial score (nSPS) is 10.2. The van der Waals surface area contributed by atoms with Gasteiger partial charge in [-0.05, 0) is 47.5 Å². The van der Waals surface area contributed by atoms with Gasteiger partial charge >= 0.3 is 6.16 Å². The lowest BCUT2D eigenvalue weighted by Crippen LogP contribution is -2.13. The van der Waals surface area contributed by atoms with Crippen molar-refractivity contribution in [2.75, 3.05) is 0 Å². The molecule has 0 aromatic heterocycles. The Morgan fingerprint density at radius 2 is 1.02 bits per heavy atom. The van der Waals surface area contributed by atoms with Crippen LogP contribution in [0.3, 0.4) is 0 Å². The molecule has 0 saturated carbocycles. The molecular formula is C27H12Cl2N4O7. The highest BCUT2D eigenvalue weighted by molar-refractivity contribution is 6.34. The Kier molecular flexibility index (Phi) is 7.91. The van der Waals surface area contributed by atoms with Gasteiger partial charge in [0.2, 0.25) is 0 Å². The zero-order chi connectivity index (χ0) is 29.0. The van der Waals surface area contributed by atoms with E-state index in [4.69, 9.17) is 43.2 Å². The number of nitriles is 2. The van der Waals surface area contributed by atoms with Gasteiger partial charge in [-0.2, -0.15) is 10.5 Å². The largest absolute Gasteiger partial charge is 0.519 e. The number of carbonyl (C=O) groups is 1. The molecule has 11 nitrogen and oxygen atoms in total. The van der Waals surface area contributed by atoms with Crippen LogP contribution in [-0.2, 0) is 0 Å². The molecule has 0 fully saturated rings. The molecule has 0 unspecified atom stereocenters. The molecule has 0 aliphatic heterocycles. The number of rotatable bonds is 6. The summed E-state index contributed by atoms with van der Waals surface area (Å²) in [5.74, 6) is 0.135. The van der Waals surface area contributed by atoms with Crippen molar-refractivity contribution in [3.05, 3.63) is 114 Å². The van der Waals surface area contributed by atoms with Crippen molar-refractivity contribution >= 4 is 40.7 Å². The fraction of sp³-hybridized carbons (Fsp3) is 0. The van der Waals surface area contributed by atoms with Gasteiger partial charge in [0, 0.05) is 12.1 Å². The molecule has 196 valence electrons. The van der Waals surface area contributed by atoms with Crippen LogP contribution in [0, 0.1) is 42.9 Å². The van der Waals surface area contributed by atoms with E-state index in [2.05, 4.69) is 0 Å². The molecule has 0 bridgehead atoms. The zero-order valence-corrected chi connectivity index (χ0v) is 21.3. The van der Waals surface area contributed by atoms with Gasteiger partial charge < -0.3 is 9.47 Å². The Morgan fingerprint density at radius 1 is 0.675 bits per heavy atom. The van der Waals surface area contributed by atoms with E-state index in [1.54, 1.807) is 0 Å². The summed E-state index contributed by atoms with van der Waals surface area (Å²) in [7, 11) is 0. The van der Waals surface area contributed by atoms with Crippen LogP contribution in [0.5, 0.6) is 11.5 Å². The summed E-state index contributed by atoms with van der Waals surface area (Å²) in [5, 5.41) is 41.1. The van der Waals surface area contributed by atoms with E-state index in [9.17, 15) is 25.0 Å². The molecule has 0 radical (unpaired) electrons. The maximum Gasteiger partial charge on any atom is 0.519 e. The number of carbonyl (C=O) groups excluding carboxylic acids is 1. The average molecular weight is 575 g/mol. The van der Waals surface area contributed by atoms with Gasteiger partial charge in [0.05, 0.1) is 54.3 Å².